The molecule has 4 heteroatoms. The molecule has 0 radical (unpaired) electrons. The first-order valence-corrected chi connectivity index (χ1v) is 5.61. The third kappa shape index (κ3) is 1.77. The van der Waals surface area contributed by atoms with Gasteiger partial charge in [0.2, 0.25) is 0 Å². The van der Waals surface area contributed by atoms with Gasteiger partial charge in [-0.05, 0) is 6.42 Å². The van der Waals surface area contributed by atoms with E-state index in [1.807, 2.05) is 12.1 Å². The van der Waals surface area contributed by atoms with Crippen molar-refractivity contribution in [3.05, 3.63) is 17.1 Å². The van der Waals surface area contributed by atoms with Gasteiger partial charge < -0.3 is 9.47 Å². The minimum absolute atomic E-state index is 0.734. The van der Waals surface area contributed by atoms with Gasteiger partial charge in [0.25, 0.3) is 0 Å². The van der Waals surface area contributed by atoms with Gasteiger partial charge in [-0.2, -0.15) is 0 Å². The molecule has 0 fully saturated rings. The summed E-state index contributed by atoms with van der Waals surface area (Å²) in [5.41, 5.74) is 0.981. The number of hydrogen-bond acceptors (Lipinski definition) is 4. The monoisotopic (exact) mass is 223 g/mol. The van der Waals surface area contributed by atoms with Gasteiger partial charge in [-0.15, -0.1) is 11.3 Å². The number of benzene rings is 1. The van der Waals surface area contributed by atoms with Crippen LogP contribution in [-0.4, -0.2) is 19.2 Å². The predicted molar refractivity (Wildman–Crippen MR) is 62.1 cm³/mol. The summed E-state index contributed by atoms with van der Waals surface area (Å²) in [7, 11) is 3.28. The van der Waals surface area contributed by atoms with Crippen molar-refractivity contribution in [2.24, 2.45) is 0 Å². The first-order valence-electron chi connectivity index (χ1n) is 4.80. The highest BCUT2D eigenvalue weighted by Gasteiger charge is 2.09. The number of methoxy groups -OCH3 is 2. The lowest BCUT2D eigenvalue weighted by molar-refractivity contribution is 0.356. The number of ether oxygens (including phenoxy) is 2. The molecule has 80 valence electrons. The van der Waals surface area contributed by atoms with Crippen LogP contribution in [0.2, 0.25) is 0 Å². The van der Waals surface area contributed by atoms with Crippen molar-refractivity contribution in [1.29, 1.82) is 0 Å². The molecular formula is C11H13NO2S. The fourth-order valence-electron chi connectivity index (χ4n) is 1.45. The molecule has 0 aliphatic carbocycles. The Kier molecular flexibility index (Phi) is 2.77. The van der Waals surface area contributed by atoms with E-state index in [-0.39, 0.29) is 0 Å². The Hall–Kier alpha value is -1.29. The second kappa shape index (κ2) is 4.06. The Morgan fingerprint density at radius 2 is 1.87 bits per heavy atom. The summed E-state index contributed by atoms with van der Waals surface area (Å²) >= 11 is 1.70. The maximum atomic E-state index is 5.24. The average molecular weight is 223 g/mol. The SMILES string of the molecule is CCc1nc2cc(OC)c(OC)cc2s1. The summed E-state index contributed by atoms with van der Waals surface area (Å²) in [5, 5.41) is 1.14. The molecule has 0 aliphatic rings. The zero-order valence-corrected chi connectivity index (χ0v) is 9.85. The van der Waals surface area contributed by atoms with E-state index >= 15 is 0 Å². The minimum atomic E-state index is 0.734. The minimum Gasteiger partial charge on any atom is -0.493 e. The van der Waals surface area contributed by atoms with Crippen LogP contribution >= 0.6 is 11.3 Å². The van der Waals surface area contributed by atoms with Crippen LogP contribution in [0.25, 0.3) is 10.2 Å². The Labute approximate surface area is 92.7 Å². The summed E-state index contributed by atoms with van der Waals surface area (Å²) in [5.74, 6) is 1.49. The van der Waals surface area contributed by atoms with Gasteiger partial charge >= 0.3 is 0 Å². The molecule has 1 aromatic carbocycles. The van der Waals surface area contributed by atoms with Crippen molar-refractivity contribution in [2.45, 2.75) is 13.3 Å². The number of fused-ring (bicyclic) bond motifs is 1. The number of aryl methyl sites for hydroxylation is 1. The molecule has 1 heterocycles. The molecule has 0 atom stereocenters. The van der Waals surface area contributed by atoms with E-state index in [9.17, 15) is 0 Å². The third-order valence-electron chi connectivity index (χ3n) is 2.24. The fraction of sp³-hybridized carbons (Fsp3) is 0.364. The first kappa shape index (κ1) is 10.2. The summed E-state index contributed by atoms with van der Waals surface area (Å²) in [6.07, 6.45) is 0.962. The van der Waals surface area contributed by atoms with Crippen LogP contribution < -0.4 is 9.47 Å². The van der Waals surface area contributed by atoms with Gasteiger partial charge in [-0.25, -0.2) is 4.98 Å². The van der Waals surface area contributed by atoms with Crippen LogP contribution in [0.5, 0.6) is 11.5 Å². The van der Waals surface area contributed by atoms with Gasteiger partial charge in [-0.1, -0.05) is 6.92 Å². The Morgan fingerprint density at radius 1 is 1.20 bits per heavy atom. The molecule has 0 unspecified atom stereocenters. The molecule has 0 spiro atoms. The van der Waals surface area contributed by atoms with E-state index in [4.69, 9.17) is 9.47 Å². The quantitative estimate of drug-likeness (QED) is 0.801. The van der Waals surface area contributed by atoms with Crippen molar-refractivity contribution in [2.75, 3.05) is 14.2 Å². The highest BCUT2D eigenvalue weighted by Crippen LogP contribution is 2.34. The molecule has 3 nitrogen and oxygen atoms in total. The number of nitrogens with zero attached hydrogens (tertiary/aromatic N) is 1. The zero-order chi connectivity index (χ0) is 10.8. The van der Waals surface area contributed by atoms with Crippen LogP contribution in [0, 0.1) is 0 Å². The van der Waals surface area contributed by atoms with Crippen LogP contribution in [0.1, 0.15) is 11.9 Å². The van der Waals surface area contributed by atoms with Crippen molar-refractivity contribution in [3.63, 3.8) is 0 Å². The van der Waals surface area contributed by atoms with Crippen molar-refractivity contribution in [3.8, 4) is 11.5 Å². The summed E-state index contributed by atoms with van der Waals surface area (Å²) in [6, 6.07) is 3.90. The molecule has 0 saturated carbocycles. The van der Waals surface area contributed by atoms with Gasteiger partial charge in [-0.3, -0.25) is 0 Å². The Balaban J connectivity index is 2.61. The van der Waals surface area contributed by atoms with Gasteiger partial charge in [0.05, 0.1) is 29.4 Å². The lowest BCUT2D eigenvalue weighted by atomic mass is 10.3. The largest absolute Gasteiger partial charge is 0.493 e. The van der Waals surface area contributed by atoms with Crippen molar-refractivity contribution >= 4 is 21.6 Å². The Bertz CT molecular complexity index is 438. The standard InChI is InChI=1S/C11H13NO2S/c1-4-11-12-7-5-8(13-2)9(14-3)6-10(7)15-11/h5-6H,4H2,1-3H3. The maximum Gasteiger partial charge on any atom is 0.162 e. The molecule has 0 saturated heterocycles. The number of aromatic nitrogens is 1. The zero-order valence-electron chi connectivity index (χ0n) is 9.03. The van der Waals surface area contributed by atoms with E-state index in [1.165, 1.54) is 0 Å². The van der Waals surface area contributed by atoms with Crippen LogP contribution in [0.15, 0.2) is 12.1 Å². The summed E-state index contributed by atoms with van der Waals surface area (Å²) in [6.45, 7) is 2.10. The second-order valence-electron chi connectivity index (χ2n) is 3.14. The topological polar surface area (TPSA) is 31.4 Å². The highest BCUT2D eigenvalue weighted by molar-refractivity contribution is 7.18. The smallest absolute Gasteiger partial charge is 0.162 e. The first-order chi connectivity index (χ1) is 7.28. The van der Waals surface area contributed by atoms with Crippen LogP contribution in [0.4, 0.5) is 0 Å². The van der Waals surface area contributed by atoms with E-state index < -0.39 is 0 Å². The molecule has 0 amide bonds. The normalized spacial score (nSPS) is 10.6. The molecule has 1 aromatic heterocycles. The van der Waals surface area contributed by atoms with Crippen LogP contribution in [0.3, 0.4) is 0 Å². The highest BCUT2D eigenvalue weighted by atomic mass is 32.1. The van der Waals surface area contributed by atoms with E-state index in [0.717, 1.165) is 33.1 Å². The molecular weight excluding hydrogens is 210 g/mol. The lowest BCUT2D eigenvalue weighted by Crippen LogP contribution is -1.89. The van der Waals surface area contributed by atoms with E-state index in [2.05, 4.69) is 11.9 Å². The number of hydrogen-bond donors (Lipinski definition) is 0. The van der Waals surface area contributed by atoms with E-state index in [0.29, 0.717) is 0 Å². The molecule has 15 heavy (non-hydrogen) atoms. The summed E-state index contributed by atoms with van der Waals surface area (Å²) in [4.78, 5) is 4.50. The molecule has 0 aliphatic heterocycles. The number of thiazole rings is 1. The lowest BCUT2D eigenvalue weighted by Gasteiger charge is -2.05. The van der Waals surface area contributed by atoms with Gasteiger partial charge in [0.15, 0.2) is 11.5 Å². The molecule has 2 aromatic rings. The number of rotatable bonds is 3. The fourth-order valence-corrected chi connectivity index (χ4v) is 2.37. The van der Waals surface area contributed by atoms with Crippen molar-refractivity contribution < 1.29 is 9.47 Å². The Morgan fingerprint density at radius 3 is 2.47 bits per heavy atom. The van der Waals surface area contributed by atoms with E-state index in [1.54, 1.807) is 25.6 Å². The van der Waals surface area contributed by atoms with Crippen molar-refractivity contribution in [1.82, 2.24) is 4.98 Å². The van der Waals surface area contributed by atoms with Crippen LogP contribution in [-0.2, 0) is 6.42 Å². The van der Waals surface area contributed by atoms with Gasteiger partial charge in [0.1, 0.15) is 0 Å². The molecule has 2 rings (SSSR count). The average Bonchev–Trinajstić information content (AvgIpc) is 2.68. The molecule has 0 N–H and O–H groups in total. The third-order valence-corrected chi connectivity index (χ3v) is 3.40. The second-order valence-corrected chi connectivity index (χ2v) is 4.25. The predicted octanol–water partition coefficient (Wildman–Crippen LogP) is 2.88. The summed E-state index contributed by atoms with van der Waals surface area (Å²) < 4.78 is 11.6. The molecule has 0 bridgehead atoms. The van der Waals surface area contributed by atoms with Gasteiger partial charge in [0, 0.05) is 12.1 Å². The maximum absolute atomic E-state index is 5.24.